The van der Waals surface area contributed by atoms with Crippen molar-refractivity contribution in [1.82, 2.24) is 15.2 Å². The highest BCUT2D eigenvalue weighted by Gasteiger charge is 2.45. The van der Waals surface area contributed by atoms with Crippen LogP contribution in [0, 0.1) is 6.92 Å². The second-order valence-electron chi connectivity index (χ2n) is 7.54. The standard InChI is InChI=1S/C22H25N3O6/c1-12-15(10-13-5-7-14(8-6-13)16-4-2-3-9-23-16)21(25-24-12)31-22-20(29)19(28)18(27)17(11-26)30-22/h2-9,17-20,22,26-29H,10-11H2,1H3,(H,24,25)/t17-,18-,19+,20-,22+/m1/s1. The smallest absolute Gasteiger partial charge is 0.238 e. The van der Waals surface area contributed by atoms with E-state index in [0.29, 0.717) is 6.42 Å². The van der Waals surface area contributed by atoms with Crippen LogP contribution in [0.4, 0.5) is 0 Å². The number of nitrogens with zero attached hydrogens (tertiary/aromatic N) is 2. The van der Waals surface area contributed by atoms with Gasteiger partial charge in [0.25, 0.3) is 0 Å². The summed E-state index contributed by atoms with van der Waals surface area (Å²) in [4.78, 5) is 4.35. The van der Waals surface area contributed by atoms with Gasteiger partial charge in [0.2, 0.25) is 12.2 Å². The Labute approximate surface area is 178 Å². The molecule has 5 N–H and O–H groups in total. The van der Waals surface area contributed by atoms with Gasteiger partial charge in [0.1, 0.15) is 24.4 Å². The molecule has 164 valence electrons. The van der Waals surface area contributed by atoms with Crippen molar-refractivity contribution in [3.63, 3.8) is 0 Å². The number of aromatic amines is 1. The Hall–Kier alpha value is -2.82. The van der Waals surface area contributed by atoms with E-state index in [0.717, 1.165) is 28.1 Å². The molecule has 0 radical (unpaired) electrons. The number of aliphatic hydroxyl groups is 4. The third-order valence-electron chi connectivity index (χ3n) is 5.41. The molecule has 4 rings (SSSR count). The molecule has 9 heteroatoms. The van der Waals surface area contributed by atoms with Gasteiger partial charge >= 0.3 is 0 Å². The van der Waals surface area contributed by atoms with E-state index in [1.165, 1.54) is 0 Å². The van der Waals surface area contributed by atoms with E-state index < -0.39 is 37.3 Å². The summed E-state index contributed by atoms with van der Waals surface area (Å²) in [6.45, 7) is 1.32. The average molecular weight is 427 g/mol. The van der Waals surface area contributed by atoms with Crippen LogP contribution in [0.25, 0.3) is 11.3 Å². The summed E-state index contributed by atoms with van der Waals surface area (Å²) in [7, 11) is 0. The molecule has 1 aliphatic rings. The molecule has 31 heavy (non-hydrogen) atoms. The summed E-state index contributed by atoms with van der Waals surface area (Å²) in [6.07, 6.45) is -4.54. The molecule has 0 bridgehead atoms. The molecular formula is C22H25N3O6. The van der Waals surface area contributed by atoms with Gasteiger partial charge in [0, 0.05) is 29.4 Å². The Morgan fingerprint density at radius 3 is 2.48 bits per heavy atom. The van der Waals surface area contributed by atoms with Crippen LogP contribution in [0.5, 0.6) is 5.88 Å². The van der Waals surface area contributed by atoms with Crippen molar-refractivity contribution in [1.29, 1.82) is 0 Å². The fourth-order valence-corrected chi connectivity index (χ4v) is 3.54. The van der Waals surface area contributed by atoms with Crippen LogP contribution < -0.4 is 4.74 Å². The Morgan fingerprint density at radius 2 is 1.81 bits per heavy atom. The van der Waals surface area contributed by atoms with E-state index in [2.05, 4.69) is 15.2 Å². The molecule has 0 spiro atoms. The lowest BCUT2D eigenvalue weighted by Gasteiger charge is -2.39. The summed E-state index contributed by atoms with van der Waals surface area (Å²) in [5, 5.41) is 46.5. The lowest BCUT2D eigenvalue weighted by molar-refractivity contribution is -0.278. The van der Waals surface area contributed by atoms with E-state index >= 15 is 0 Å². The van der Waals surface area contributed by atoms with E-state index in [1.807, 2.05) is 49.4 Å². The summed E-state index contributed by atoms with van der Waals surface area (Å²) in [5.41, 5.74) is 4.46. The highest BCUT2D eigenvalue weighted by atomic mass is 16.7. The zero-order chi connectivity index (χ0) is 22.0. The van der Waals surface area contributed by atoms with Crippen molar-refractivity contribution < 1.29 is 29.9 Å². The van der Waals surface area contributed by atoms with Crippen molar-refractivity contribution in [3.05, 3.63) is 65.5 Å². The first-order chi connectivity index (χ1) is 15.0. The second-order valence-corrected chi connectivity index (χ2v) is 7.54. The maximum absolute atomic E-state index is 10.2. The first-order valence-electron chi connectivity index (χ1n) is 9.99. The van der Waals surface area contributed by atoms with Gasteiger partial charge < -0.3 is 29.9 Å². The molecule has 9 nitrogen and oxygen atoms in total. The fourth-order valence-electron chi connectivity index (χ4n) is 3.54. The average Bonchev–Trinajstić information content (AvgIpc) is 3.14. The Kier molecular flexibility index (Phi) is 6.30. The lowest BCUT2D eigenvalue weighted by atomic mass is 9.99. The van der Waals surface area contributed by atoms with Crippen molar-refractivity contribution in [2.45, 2.75) is 44.1 Å². The van der Waals surface area contributed by atoms with Crippen molar-refractivity contribution >= 4 is 0 Å². The quantitative estimate of drug-likeness (QED) is 0.384. The molecule has 0 aliphatic carbocycles. The number of hydrogen-bond acceptors (Lipinski definition) is 8. The molecule has 0 saturated carbocycles. The number of benzene rings is 1. The topological polar surface area (TPSA) is 141 Å². The number of rotatable bonds is 6. The van der Waals surface area contributed by atoms with Crippen LogP contribution in [0.1, 0.15) is 16.8 Å². The number of ether oxygens (including phenoxy) is 2. The SMILES string of the molecule is Cc1[nH]nc(O[C@@H]2O[C@H](CO)[C@@H](O)[C@H](O)[C@H]2O)c1Cc1ccc(-c2ccccn2)cc1. The summed E-state index contributed by atoms with van der Waals surface area (Å²) in [6, 6.07) is 13.7. The summed E-state index contributed by atoms with van der Waals surface area (Å²) >= 11 is 0. The summed E-state index contributed by atoms with van der Waals surface area (Å²) in [5.74, 6) is 0.218. The zero-order valence-electron chi connectivity index (χ0n) is 16.9. The van der Waals surface area contributed by atoms with Gasteiger partial charge in [-0.05, 0) is 24.6 Å². The number of hydrogen-bond donors (Lipinski definition) is 5. The number of nitrogens with one attached hydrogen (secondary N) is 1. The lowest BCUT2D eigenvalue weighted by Crippen LogP contribution is -2.60. The van der Waals surface area contributed by atoms with E-state index in [4.69, 9.17) is 9.47 Å². The van der Waals surface area contributed by atoms with Crippen LogP contribution >= 0.6 is 0 Å². The normalized spacial score (nSPS) is 26.0. The summed E-state index contributed by atoms with van der Waals surface area (Å²) < 4.78 is 11.1. The van der Waals surface area contributed by atoms with Gasteiger partial charge in [0.05, 0.1) is 12.3 Å². The molecule has 1 saturated heterocycles. The predicted molar refractivity (Wildman–Crippen MR) is 110 cm³/mol. The molecule has 1 fully saturated rings. The third kappa shape index (κ3) is 4.46. The fraction of sp³-hybridized carbons (Fsp3) is 0.364. The highest BCUT2D eigenvalue weighted by Crippen LogP contribution is 2.28. The number of aliphatic hydroxyl groups excluding tert-OH is 4. The van der Waals surface area contributed by atoms with Gasteiger partial charge in [-0.3, -0.25) is 10.1 Å². The Morgan fingerprint density at radius 1 is 1.03 bits per heavy atom. The van der Waals surface area contributed by atoms with Crippen LogP contribution in [-0.4, -0.2) is 72.9 Å². The second kappa shape index (κ2) is 9.13. The Balaban J connectivity index is 1.50. The molecule has 5 atom stereocenters. The molecular weight excluding hydrogens is 402 g/mol. The number of pyridine rings is 1. The minimum absolute atomic E-state index is 0.218. The van der Waals surface area contributed by atoms with Gasteiger partial charge in [-0.15, -0.1) is 5.10 Å². The van der Waals surface area contributed by atoms with Crippen molar-refractivity contribution in [2.75, 3.05) is 6.61 Å². The molecule has 1 aromatic carbocycles. The minimum Gasteiger partial charge on any atom is -0.443 e. The zero-order valence-corrected chi connectivity index (χ0v) is 16.9. The third-order valence-corrected chi connectivity index (χ3v) is 5.41. The van der Waals surface area contributed by atoms with Crippen molar-refractivity contribution in [2.24, 2.45) is 0 Å². The van der Waals surface area contributed by atoms with E-state index in [9.17, 15) is 20.4 Å². The molecule has 3 heterocycles. The first-order valence-corrected chi connectivity index (χ1v) is 9.99. The minimum atomic E-state index is -1.52. The van der Waals surface area contributed by atoms with Crippen LogP contribution in [-0.2, 0) is 11.2 Å². The Bertz CT molecular complexity index is 992. The van der Waals surface area contributed by atoms with E-state index in [-0.39, 0.29) is 5.88 Å². The maximum atomic E-state index is 10.2. The van der Waals surface area contributed by atoms with Crippen LogP contribution in [0.2, 0.25) is 0 Å². The first kappa shape index (κ1) is 21.4. The van der Waals surface area contributed by atoms with Gasteiger partial charge in [0.15, 0.2) is 0 Å². The highest BCUT2D eigenvalue weighted by molar-refractivity contribution is 5.59. The van der Waals surface area contributed by atoms with Gasteiger partial charge in [-0.1, -0.05) is 30.3 Å². The number of aromatic nitrogens is 3. The monoisotopic (exact) mass is 427 g/mol. The maximum Gasteiger partial charge on any atom is 0.238 e. The van der Waals surface area contributed by atoms with Crippen LogP contribution in [0.15, 0.2) is 48.7 Å². The molecule has 0 unspecified atom stereocenters. The van der Waals surface area contributed by atoms with E-state index in [1.54, 1.807) is 6.20 Å². The molecule has 2 aromatic heterocycles. The van der Waals surface area contributed by atoms with Crippen LogP contribution in [0.3, 0.4) is 0 Å². The van der Waals surface area contributed by atoms with Gasteiger partial charge in [-0.25, -0.2) is 0 Å². The van der Waals surface area contributed by atoms with Gasteiger partial charge in [-0.2, -0.15) is 0 Å². The molecule has 0 amide bonds. The number of aryl methyl sites for hydroxylation is 1. The molecule has 1 aliphatic heterocycles. The molecule has 3 aromatic rings. The predicted octanol–water partition coefficient (Wildman–Crippen LogP) is 0.550. The van der Waals surface area contributed by atoms with Crippen molar-refractivity contribution in [3.8, 4) is 17.1 Å². The largest absolute Gasteiger partial charge is 0.443 e. The number of H-pyrrole nitrogens is 1.